The topological polar surface area (TPSA) is 71.4 Å². The third-order valence-corrected chi connectivity index (χ3v) is 4.20. The number of aryl methyl sites for hydroxylation is 1. The molecule has 1 aromatic carbocycles. The van der Waals surface area contributed by atoms with E-state index < -0.39 is 11.2 Å². The summed E-state index contributed by atoms with van der Waals surface area (Å²) >= 11 is 1.02. The first-order valence-electron chi connectivity index (χ1n) is 6.22. The Hall–Kier alpha value is -2.53. The van der Waals surface area contributed by atoms with Crippen LogP contribution in [-0.4, -0.2) is 16.7 Å². The lowest BCUT2D eigenvalue weighted by molar-refractivity contribution is -0.113. The van der Waals surface area contributed by atoms with Crippen LogP contribution in [0, 0.1) is 6.92 Å². The van der Waals surface area contributed by atoms with E-state index in [0.29, 0.717) is 10.1 Å². The summed E-state index contributed by atoms with van der Waals surface area (Å²) in [6.45, 7) is 1.89. The monoisotopic (exact) mass is 298 g/mol. The molecule has 3 rings (SSSR count). The number of hydrogen-bond donors (Lipinski definition) is 1. The van der Waals surface area contributed by atoms with Crippen LogP contribution < -0.4 is 5.43 Å². The summed E-state index contributed by atoms with van der Waals surface area (Å²) in [7, 11) is 0. The fraction of sp³-hybridized carbons (Fsp3) is 0.0625. The number of fused-ring (bicyclic) bond motifs is 1. The first-order valence-corrected chi connectivity index (χ1v) is 7.04. The zero-order chi connectivity index (χ0) is 15.1. The summed E-state index contributed by atoms with van der Waals surface area (Å²) in [6, 6.07) is 5.25. The highest BCUT2D eigenvalue weighted by Crippen LogP contribution is 2.33. The Bertz CT molecular complexity index is 916. The van der Waals surface area contributed by atoms with Gasteiger partial charge in [0.1, 0.15) is 0 Å². The molecule has 1 aliphatic rings. The molecule has 104 valence electrons. The van der Waals surface area contributed by atoms with Gasteiger partial charge in [-0.25, -0.2) is 0 Å². The van der Waals surface area contributed by atoms with Crippen LogP contribution in [0.1, 0.15) is 11.1 Å². The fourth-order valence-corrected chi connectivity index (χ4v) is 3.26. The van der Waals surface area contributed by atoms with E-state index in [-0.39, 0.29) is 22.0 Å². The Kier molecular flexibility index (Phi) is 3.07. The second-order valence-electron chi connectivity index (χ2n) is 4.77. The fourth-order valence-electron chi connectivity index (χ4n) is 2.23. The molecule has 0 bridgehead atoms. The van der Waals surface area contributed by atoms with Crippen LogP contribution in [0.5, 0.6) is 5.06 Å². The Morgan fingerprint density at radius 2 is 1.86 bits per heavy atom. The molecule has 5 heteroatoms. The van der Waals surface area contributed by atoms with Crippen molar-refractivity contribution in [2.45, 2.75) is 6.92 Å². The van der Waals surface area contributed by atoms with Gasteiger partial charge in [0.2, 0.25) is 0 Å². The maximum atomic E-state index is 12.5. The summed E-state index contributed by atoms with van der Waals surface area (Å²) in [5.41, 5.74) is 0.378. The lowest BCUT2D eigenvalue weighted by Crippen LogP contribution is -2.15. The van der Waals surface area contributed by atoms with E-state index in [9.17, 15) is 19.5 Å². The number of carbonyl (C=O) groups is 2. The molecule has 0 unspecified atom stereocenters. The van der Waals surface area contributed by atoms with Crippen molar-refractivity contribution in [2.24, 2.45) is 0 Å². The van der Waals surface area contributed by atoms with Gasteiger partial charge in [0.05, 0.1) is 5.56 Å². The zero-order valence-corrected chi connectivity index (χ0v) is 11.9. The molecule has 0 fully saturated rings. The number of rotatable bonds is 1. The van der Waals surface area contributed by atoms with Gasteiger partial charge in [-0.3, -0.25) is 14.4 Å². The molecular formula is C16H10O4S. The molecule has 21 heavy (non-hydrogen) atoms. The average molecular weight is 298 g/mol. The molecule has 1 N–H and O–H groups in total. The van der Waals surface area contributed by atoms with Crippen LogP contribution in [0.25, 0.3) is 15.7 Å². The van der Waals surface area contributed by atoms with Crippen molar-refractivity contribution in [3.05, 3.63) is 57.8 Å². The largest absolute Gasteiger partial charge is 0.499 e. The zero-order valence-electron chi connectivity index (χ0n) is 11.0. The van der Waals surface area contributed by atoms with Crippen molar-refractivity contribution >= 4 is 38.6 Å². The molecule has 2 aromatic rings. The highest BCUT2D eigenvalue weighted by molar-refractivity contribution is 7.20. The van der Waals surface area contributed by atoms with E-state index >= 15 is 0 Å². The normalized spacial score (nSPS) is 14.6. The van der Waals surface area contributed by atoms with Crippen LogP contribution in [0.3, 0.4) is 0 Å². The predicted octanol–water partition coefficient (Wildman–Crippen LogP) is 2.37. The summed E-state index contributed by atoms with van der Waals surface area (Å²) in [5, 5.41) is 10.3. The number of hydrogen-bond acceptors (Lipinski definition) is 5. The summed E-state index contributed by atoms with van der Waals surface area (Å²) < 4.78 is 0.645. The lowest BCUT2D eigenvalue weighted by Gasteiger charge is -2.09. The molecule has 0 atom stereocenters. The third-order valence-electron chi connectivity index (χ3n) is 3.25. The van der Waals surface area contributed by atoms with Gasteiger partial charge in [0.25, 0.3) is 0 Å². The van der Waals surface area contributed by atoms with Gasteiger partial charge >= 0.3 is 0 Å². The second kappa shape index (κ2) is 4.79. The minimum Gasteiger partial charge on any atom is -0.499 e. The molecule has 1 aromatic heterocycles. The molecule has 1 aliphatic carbocycles. The van der Waals surface area contributed by atoms with Crippen molar-refractivity contribution in [3.63, 3.8) is 0 Å². The van der Waals surface area contributed by atoms with Gasteiger partial charge in [-0.1, -0.05) is 17.4 Å². The number of allylic oxidation sites excluding steroid dienone is 4. The van der Waals surface area contributed by atoms with Gasteiger partial charge in [-0.15, -0.1) is 0 Å². The Labute approximate surface area is 123 Å². The van der Waals surface area contributed by atoms with Gasteiger partial charge in [0.15, 0.2) is 22.1 Å². The van der Waals surface area contributed by atoms with E-state index in [1.165, 1.54) is 0 Å². The lowest BCUT2D eigenvalue weighted by atomic mass is 9.97. The molecule has 0 aliphatic heterocycles. The van der Waals surface area contributed by atoms with E-state index in [4.69, 9.17) is 0 Å². The van der Waals surface area contributed by atoms with Crippen molar-refractivity contribution in [2.75, 3.05) is 0 Å². The second-order valence-corrected chi connectivity index (χ2v) is 5.80. The maximum absolute atomic E-state index is 12.5. The Morgan fingerprint density at radius 1 is 1.10 bits per heavy atom. The van der Waals surface area contributed by atoms with Gasteiger partial charge in [0, 0.05) is 15.7 Å². The standard InChI is InChI=1S/C16H10O4S/c1-8-2-4-10-13(6-8)21-16(20)14(15(10)19)11-7-9(17)3-5-12(11)18/h2-7,20H,1H3. The van der Waals surface area contributed by atoms with E-state index in [1.807, 2.05) is 6.92 Å². The Balaban J connectivity index is 2.34. The number of benzene rings is 1. The SMILES string of the molecule is Cc1ccc2c(=O)c(C3=CC(=O)C=CC3=O)c(O)sc2c1. The highest BCUT2D eigenvalue weighted by Gasteiger charge is 2.23. The van der Waals surface area contributed by atoms with Crippen molar-refractivity contribution in [1.29, 1.82) is 0 Å². The van der Waals surface area contributed by atoms with Gasteiger partial charge in [-0.05, 0) is 42.8 Å². The first-order chi connectivity index (χ1) is 9.97. The summed E-state index contributed by atoms with van der Waals surface area (Å²) in [6.07, 6.45) is 3.34. The van der Waals surface area contributed by atoms with Crippen LogP contribution in [0.2, 0.25) is 0 Å². The van der Waals surface area contributed by atoms with Crippen LogP contribution >= 0.6 is 11.3 Å². The first kappa shape index (κ1) is 13.5. The molecule has 1 heterocycles. The molecule has 0 radical (unpaired) electrons. The van der Waals surface area contributed by atoms with E-state index in [2.05, 4.69) is 0 Å². The number of ketones is 2. The molecule has 0 spiro atoms. The van der Waals surface area contributed by atoms with Crippen LogP contribution in [0.4, 0.5) is 0 Å². The minimum absolute atomic E-state index is 0.0521. The van der Waals surface area contributed by atoms with Crippen LogP contribution in [0.15, 0.2) is 41.2 Å². The third kappa shape index (κ3) is 2.21. The molecule has 0 saturated heterocycles. The van der Waals surface area contributed by atoms with Crippen LogP contribution in [-0.2, 0) is 9.59 Å². The van der Waals surface area contributed by atoms with Gasteiger partial charge < -0.3 is 5.11 Å². The minimum atomic E-state index is -0.458. The summed E-state index contributed by atoms with van der Waals surface area (Å²) in [5.74, 6) is -0.835. The Morgan fingerprint density at radius 3 is 2.62 bits per heavy atom. The highest BCUT2D eigenvalue weighted by atomic mass is 32.1. The van der Waals surface area contributed by atoms with Gasteiger partial charge in [-0.2, -0.15) is 0 Å². The molecular weight excluding hydrogens is 288 g/mol. The quantitative estimate of drug-likeness (QED) is 0.820. The van der Waals surface area contributed by atoms with Crippen molar-refractivity contribution < 1.29 is 14.7 Å². The van der Waals surface area contributed by atoms with E-state index in [0.717, 1.165) is 35.1 Å². The average Bonchev–Trinajstić information content (AvgIpc) is 2.42. The predicted molar refractivity (Wildman–Crippen MR) is 81.6 cm³/mol. The number of carbonyl (C=O) groups excluding carboxylic acids is 2. The molecule has 0 amide bonds. The summed E-state index contributed by atoms with van der Waals surface area (Å²) in [4.78, 5) is 35.8. The smallest absolute Gasteiger partial charge is 0.199 e. The van der Waals surface area contributed by atoms with Crippen molar-refractivity contribution in [1.82, 2.24) is 0 Å². The molecule has 0 saturated carbocycles. The molecule has 4 nitrogen and oxygen atoms in total. The number of aromatic hydroxyl groups is 1. The van der Waals surface area contributed by atoms with Crippen molar-refractivity contribution in [3.8, 4) is 5.06 Å². The van der Waals surface area contributed by atoms with E-state index in [1.54, 1.807) is 18.2 Å². The maximum Gasteiger partial charge on any atom is 0.199 e.